The number of nitrogens with two attached hydrogens (primary N) is 3. The van der Waals surface area contributed by atoms with Crippen LogP contribution in [-0.2, 0) is 9.59 Å². The van der Waals surface area contributed by atoms with Gasteiger partial charge in [0.25, 0.3) is 0 Å². The quantitative estimate of drug-likeness (QED) is 0.358. The first kappa shape index (κ1) is 15.0. The number of carbonyl (C=O) groups is 2. The number of ketones is 1. The normalized spacial score (nSPS) is 12.2. The Morgan fingerprint density at radius 3 is 2.31 bits per heavy atom. The summed E-state index contributed by atoms with van der Waals surface area (Å²) in [4.78, 5) is 21.8. The third-order valence-corrected chi connectivity index (χ3v) is 2.31. The molecule has 0 aromatic carbocycles. The van der Waals surface area contributed by atoms with Gasteiger partial charge in [0.15, 0.2) is 5.78 Å². The van der Waals surface area contributed by atoms with Crippen molar-refractivity contribution in [3.8, 4) is 0 Å². The van der Waals surface area contributed by atoms with Crippen molar-refractivity contribution in [3.05, 3.63) is 0 Å². The van der Waals surface area contributed by atoms with Crippen molar-refractivity contribution in [3.63, 3.8) is 0 Å². The molecule has 6 nitrogen and oxygen atoms in total. The minimum absolute atomic E-state index is 0.00766. The molecule has 0 spiro atoms. The molecule has 7 N–H and O–H groups in total. The summed E-state index contributed by atoms with van der Waals surface area (Å²) in [5, 5.41) is 2.67. The van der Waals surface area contributed by atoms with E-state index in [9.17, 15) is 9.59 Å². The number of amides is 1. The van der Waals surface area contributed by atoms with Crippen LogP contribution in [0.1, 0.15) is 25.7 Å². The van der Waals surface area contributed by atoms with E-state index in [1.807, 2.05) is 0 Å². The Balaban J connectivity index is 3.33. The molecule has 1 atom stereocenters. The molecule has 0 aromatic rings. The van der Waals surface area contributed by atoms with Crippen LogP contribution in [0.15, 0.2) is 0 Å². The average Bonchev–Trinajstić information content (AvgIpc) is 2.31. The second-order valence-electron chi connectivity index (χ2n) is 3.68. The summed E-state index contributed by atoms with van der Waals surface area (Å²) in [6.45, 7) is 0.652. The zero-order chi connectivity index (χ0) is 12.4. The Morgan fingerprint density at radius 2 is 1.75 bits per heavy atom. The number of rotatable bonds is 9. The lowest BCUT2D eigenvalue weighted by Gasteiger charge is -2.08. The number of hydrogen-bond acceptors (Lipinski definition) is 5. The minimum atomic E-state index is -0.441. The smallest absolute Gasteiger partial charge is 0.233 e. The SMILES string of the molecule is NCC(=O)NCCCCCC(N)C(=O)CN. The van der Waals surface area contributed by atoms with Crippen molar-refractivity contribution >= 4 is 11.7 Å². The highest BCUT2D eigenvalue weighted by Gasteiger charge is 2.10. The predicted molar refractivity (Wildman–Crippen MR) is 62.6 cm³/mol. The molecule has 0 heterocycles. The largest absolute Gasteiger partial charge is 0.355 e. The van der Waals surface area contributed by atoms with E-state index in [0.717, 1.165) is 19.3 Å². The zero-order valence-corrected chi connectivity index (χ0v) is 9.58. The molecule has 0 aliphatic rings. The fourth-order valence-electron chi connectivity index (χ4n) is 1.28. The first-order valence-electron chi connectivity index (χ1n) is 5.57. The van der Waals surface area contributed by atoms with Crippen LogP contribution in [-0.4, -0.2) is 37.4 Å². The molecule has 6 heteroatoms. The molecule has 0 fully saturated rings. The van der Waals surface area contributed by atoms with Gasteiger partial charge in [-0.15, -0.1) is 0 Å². The van der Waals surface area contributed by atoms with Gasteiger partial charge in [-0.3, -0.25) is 9.59 Å². The molecule has 94 valence electrons. The Morgan fingerprint density at radius 1 is 1.06 bits per heavy atom. The van der Waals surface area contributed by atoms with Gasteiger partial charge >= 0.3 is 0 Å². The summed E-state index contributed by atoms with van der Waals surface area (Å²) in [6, 6.07) is -0.441. The van der Waals surface area contributed by atoms with Crippen LogP contribution in [0.4, 0.5) is 0 Å². The molecular formula is C10H22N4O2. The lowest BCUT2D eigenvalue weighted by molar-refractivity contribution is -0.120. The van der Waals surface area contributed by atoms with Crippen molar-refractivity contribution in [1.29, 1.82) is 0 Å². The van der Waals surface area contributed by atoms with Crippen LogP contribution < -0.4 is 22.5 Å². The molecule has 0 aliphatic heterocycles. The molecule has 16 heavy (non-hydrogen) atoms. The second-order valence-corrected chi connectivity index (χ2v) is 3.68. The number of hydrogen-bond donors (Lipinski definition) is 4. The molecule has 0 saturated carbocycles. The third-order valence-electron chi connectivity index (χ3n) is 2.31. The monoisotopic (exact) mass is 230 g/mol. The highest BCUT2D eigenvalue weighted by molar-refractivity contribution is 5.85. The van der Waals surface area contributed by atoms with Crippen LogP contribution in [0.2, 0.25) is 0 Å². The van der Waals surface area contributed by atoms with Gasteiger partial charge in [-0.2, -0.15) is 0 Å². The lowest BCUT2D eigenvalue weighted by atomic mass is 10.1. The van der Waals surface area contributed by atoms with Gasteiger partial charge in [0.1, 0.15) is 0 Å². The summed E-state index contributed by atoms with van der Waals surface area (Å²) in [5.74, 6) is -0.244. The summed E-state index contributed by atoms with van der Waals surface area (Å²) < 4.78 is 0. The molecule has 0 aliphatic carbocycles. The molecular weight excluding hydrogens is 208 g/mol. The second kappa shape index (κ2) is 9.26. The maximum absolute atomic E-state index is 11.0. The Kier molecular flexibility index (Phi) is 8.69. The van der Waals surface area contributed by atoms with E-state index >= 15 is 0 Å². The van der Waals surface area contributed by atoms with Crippen LogP contribution in [0, 0.1) is 0 Å². The molecule has 1 unspecified atom stereocenters. The number of carbonyl (C=O) groups excluding carboxylic acids is 2. The summed E-state index contributed by atoms with van der Waals surface area (Å²) >= 11 is 0. The summed E-state index contributed by atoms with van der Waals surface area (Å²) in [6.07, 6.45) is 3.32. The van der Waals surface area contributed by atoms with Crippen molar-refractivity contribution in [2.24, 2.45) is 17.2 Å². The van der Waals surface area contributed by atoms with Gasteiger partial charge in [0.05, 0.1) is 19.1 Å². The summed E-state index contributed by atoms with van der Waals surface area (Å²) in [5.41, 5.74) is 15.9. The van der Waals surface area contributed by atoms with Crippen LogP contribution >= 0.6 is 0 Å². The first-order chi connectivity index (χ1) is 7.61. The Labute approximate surface area is 95.9 Å². The molecule has 0 aromatic heterocycles. The molecule has 0 saturated heterocycles. The lowest BCUT2D eigenvalue weighted by Crippen LogP contribution is -2.35. The van der Waals surface area contributed by atoms with E-state index in [0.29, 0.717) is 13.0 Å². The number of Topliss-reactive ketones (excluding diaryl/α,β-unsaturated/α-hetero) is 1. The van der Waals surface area contributed by atoms with E-state index in [-0.39, 0.29) is 24.8 Å². The van der Waals surface area contributed by atoms with Gasteiger partial charge in [0, 0.05) is 6.54 Å². The Bertz CT molecular complexity index is 221. The zero-order valence-electron chi connectivity index (χ0n) is 9.58. The fraction of sp³-hybridized carbons (Fsp3) is 0.800. The van der Waals surface area contributed by atoms with Crippen molar-refractivity contribution in [2.75, 3.05) is 19.6 Å². The topological polar surface area (TPSA) is 124 Å². The van der Waals surface area contributed by atoms with E-state index < -0.39 is 6.04 Å². The number of nitrogens with one attached hydrogen (secondary N) is 1. The van der Waals surface area contributed by atoms with Gasteiger partial charge in [-0.05, 0) is 12.8 Å². The van der Waals surface area contributed by atoms with Crippen molar-refractivity contribution < 1.29 is 9.59 Å². The van der Waals surface area contributed by atoms with E-state index in [2.05, 4.69) is 5.32 Å². The van der Waals surface area contributed by atoms with Gasteiger partial charge in [-0.25, -0.2) is 0 Å². The molecule has 1 amide bonds. The Hall–Kier alpha value is -0.980. The van der Waals surface area contributed by atoms with Crippen LogP contribution in [0.25, 0.3) is 0 Å². The molecule has 0 radical (unpaired) electrons. The maximum atomic E-state index is 11.0. The third kappa shape index (κ3) is 7.33. The van der Waals surface area contributed by atoms with Gasteiger partial charge < -0.3 is 22.5 Å². The molecule has 0 bridgehead atoms. The highest BCUT2D eigenvalue weighted by Crippen LogP contribution is 2.02. The average molecular weight is 230 g/mol. The van der Waals surface area contributed by atoms with Gasteiger partial charge in [0.2, 0.25) is 5.91 Å². The van der Waals surface area contributed by atoms with E-state index in [1.165, 1.54) is 0 Å². The minimum Gasteiger partial charge on any atom is -0.355 e. The van der Waals surface area contributed by atoms with E-state index in [4.69, 9.17) is 17.2 Å². The van der Waals surface area contributed by atoms with Crippen LogP contribution in [0.3, 0.4) is 0 Å². The fourth-order valence-corrected chi connectivity index (χ4v) is 1.28. The predicted octanol–water partition coefficient (Wildman–Crippen LogP) is -1.52. The first-order valence-corrected chi connectivity index (χ1v) is 5.57. The van der Waals surface area contributed by atoms with Gasteiger partial charge in [-0.1, -0.05) is 12.8 Å². The molecule has 0 rings (SSSR count). The van der Waals surface area contributed by atoms with E-state index in [1.54, 1.807) is 0 Å². The van der Waals surface area contributed by atoms with Crippen LogP contribution in [0.5, 0.6) is 0 Å². The van der Waals surface area contributed by atoms with Crippen molar-refractivity contribution in [2.45, 2.75) is 31.7 Å². The number of unbranched alkanes of at least 4 members (excludes halogenated alkanes) is 2. The van der Waals surface area contributed by atoms with Crippen molar-refractivity contribution in [1.82, 2.24) is 5.32 Å². The standard InChI is InChI=1S/C10H22N4O2/c11-6-9(15)8(13)4-2-1-3-5-14-10(16)7-12/h8H,1-7,11-13H2,(H,14,16). The highest BCUT2D eigenvalue weighted by atomic mass is 16.1. The summed E-state index contributed by atoms with van der Waals surface area (Å²) in [7, 11) is 0. The maximum Gasteiger partial charge on any atom is 0.233 e.